The number of carbonyl (C=O) groups is 2. The summed E-state index contributed by atoms with van der Waals surface area (Å²) < 4.78 is 32.0. The number of anilines is 3. The van der Waals surface area contributed by atoms with Gasteiger partial charge in [-0.3, -0.25) is 14.7 Å². The first-order chi connectivity index (χ1) is 32.0. The van der Waals surface area contributed by atoms with Crippen molar-refractivity contribution in [2.45, 2.75) is 49.9 Å². The molecule has 16 nitrogen and oxygen atoms in total. The van der Waals surface area contributed by atoms with E-state index in [1.54, 1.807) is 76.6 Å². The highest BCUT2D eigenvalue weighted by Crippen LogP contribution is 2.46. The summed E-state index contributed by atoms with van der Waals surface area (Å²) in [5.41, 5.74) is -0.310. The molecule has 5 aromatic carbocycles. The van der Waals surface area contributed by atoms with Gasteiger partial charge >= 0.3 is 6.09 Å². The van der Waals surface area contributed by atoms with Crippen LogP contribution in [-0.2, 0) is 19.9 Å². The molecule has 0 unspecified atom stereocenters. The maximum absolute atomic E-state index is 14.2. The number of rotatable bonds is 16. The minimum atomic E-state index is -2.16. The predicted octanol–water partition coefficient (Wildman–Crippen LogP) is 7.16. The summed E-state index contributed by atoms with van der Waals surface area (Å²) in [7, 11) is 3.16. The summed E-state index contributed by atoms with van der Waals surface area (Å²) in [6, 6.07) is 42.2. The Balaban J connectivity index is 1.19. The number of hydrogen-bond acceptors (Lipinski definition) is 13. The highest BCUT2D eigenvalue weighted by Gasteiger charge is 2.57. The van der Waals surface area contributed by atoms with Gasteiger partial charge in [-0.25, -0.2) is 14.7 Å². The number of imidazole rings is 1. The van der Waals surface area contributed by atoms with Crippen molar-refractivity contribution in [3.8, 4) is 17.4 Å². The molecule has 0 radical (unpaired) electrons. The van der Waals surface area contributed by atoms with Crippen LogP contribution in [0.25, 0.3) is 11.2 Å². The second-order valence-electron chi connectivity index (χ2n) is 15.9. The third kappa shape index (κ3) is 8.79. The number of hydrogen-bond donors (Lipinski definition) is 4. The molecule has 66 heavy (non-hydrogen) atoms. The molecule has 7 aromatic rings. The maximum Gasteiger partial charge on any atom is 0.425 e. The van der Waals surface area contributed by atoms with Crippen LogP contribution >= 0.6 is 0 Å². The maximum atomic E-state index is 14.2. The molecular weight excluding hydrogens is 845 g/mol. The number of ether oxygens (including phenoxy) is 5. The van der Waals surface area contributed by atoms with Gasteiger partial charge in [0.2, 0.25) is 11.9 Å². The van der Waals surface area contributed by atoms with Crippen molar-refractivity contribution in [3.63, 3.8) is 0 Å². The van der Waals surface area contributed by atoms with Crippen molar-refractivity contribution in [1.82, 2.24) is 19.5 Å². The number of carbonyl (C=O) groups excluding carboxylic acids is 2. The molecule has 4 N–H and O–H groups in total. The SMILES string of the molecule is COc1ccc(C(OC[C@H]2O[C@@H](n3cnc4c(OC(=O)N(c5ccccc5)c5ccccc5)nc(NC(=O)C(C)C)nc43)[C@@](O)(CCO)[C@@H]2O)(c2ccccc2)c2ccc(OC)cc2)cc1. The van der Waals surface area contributed by atoms with Gasteiger partial charge in [0, 0.05) is 18.9 Å². The first-order valence-corrected chi connectivity index (χ1v) is 21.3. The van der Waals surface area contributed by atoms with Gasteiger partial charge in [0.1, 0.15) is 34.9 Å². The Morgan fingerprint density at radius 3 is 1.85 bits per heavy atom. The lowest BCUT2D eigenvalue weighted by atomic mass is 9.80. The van der Waals surface area contributed by atoms with Gasteiger partial charge in [-0.05, 0) is 65.2 Å². The van der Waals surface area contributed by atoms with Crippen molar-refractivity contribution < 1.29 is 48.6 Å². The van der Waals surface area contributed by atoms with E-state index in [1.807, 2.05) is 91.0 Å². The number of nitrogens with one attached hydrogen (secondary N) is 1. The van der Waals surface area contributed by atoms with E-state index in [0.717, 1.165) is 16.7 Å². The summed E-state index contributed by atoms with van der Waals surface area (Å²) >= 11 is 0. The number of aromatic nitrogens is 4. The van der Waals surface area contributed by atoms with E-state index in [1.165, 1.54) is 15.8 Å². The summed E-state index contributed by atoms with van der Waals surface area (Å²) in [4.78, 5) is 42.2. The number of nitrogens with zero attached hydrogens (tertiary/aromatic N) is 5. The highest BCUT2D eigenvalue weighted by atomic mass is 16.6. The van der Waals surface area contributed by atoms with E-state index in [0.29, 0.717) is 22.9 Å². The minimum absolute atomic E-state index is 0.0249. The van der Waals surface area contributed by atoms with Crippen LogP contribution in [-0.4, -0.2) is 92.1 Å². The molecule has 2 amide bonds. The number of aliphatic hydroxyl groups is 3. The van der Waals surface area contributed by atoms with Gasteiger partial charge in [-0.2, -0.15) is 9.97 Å². The number of benzene rings is 5. The summed E-state index contributed by atoms with van der Waals surface area (Å²) in [5.74, 6) is -0.178. The van der Waals surface area contributed by atoms with Crippen LogP contribution in [0.2, 0.25) is 0 Å². The van der Waals surface area contributed by atoms with Gasteiger partial charge in [0.25, 0.3) is 5.88 Å². The highest BCUT2D eigenvalue weighted by molar-refractivity contribution is 5.98. The zero-order chi connectivity index (χ0) is 46.4. The normalized spacial score (nSPS) is 18.3. The lowest BCUT2D eigenvalue weighted by Crippen LogP contribution is -2.48. The second kappa shape index (κ2) is 19.5. The zero-order valence-corrected chi connectivity index (χ0v) is 36.7. The van der Waals surface area contributed by atoms with Crippen molar-refractivity contribution in [3.05, 3.63) is 163 Å². The molecule has 1 aliphatic rings. The van der Waals surface area contributed by atoms with Crippen molar-refractivity contribution in [1.29, 1.82) is 0 Å². The molecule has 3 heterocycles. The van der Waals surface area contributed by atoms with Crippen LogP contribution < -0.4 is 24.4 Å². The Morgan fingerprint density at radius 1 is 0.803 bits per heavy atom. The predicted molar refractivity (Wildman–Crippen MR) is 245 cm³/mol. The van der Waals surface area contributed by atoms with Gasteiger partial charge in [0.15, 0.2) is 17.4 Å². The monoisotopic (exact) mass is 894 g/mol. The summed E-state index contributed by atoms with van der Waals surface area (Å²) in [6.45, 7) is 2.56. The Morgan fingerprint density at radius 2 is 1.33 bits per heavy atom. The standard InChI is InChI=1S/C50H50N6O10/c1-32(2)44(59)53-47-52-43-41(45(54-47)66-48(60)56(36-16-10-6-11-17-36)37-18-12-7-13-19-37)51-31-55(43)46-49(61,28-29-57)42(58)40(65-46)30-64-50(33-14-8-5-9-15-33,34-20-24-38(62-3)25-21-34)35-22-26-39(63-4)27-23-35/h5-27,31-32,40,42,46,57-58,61H,28-30H2,1-4H3,(H,52,53,54,59)/t40-,42-,46-,49-/m1/s1. The molecule has 0 saturated carbocycles. The number of amides is 2. The molecule has 2 aromatic heterocycles. The number of fused-ring (bicyclic) bond motifs is 1. The smallest absolute Gasteiger partial charge is 0.425 e. The van der Waals surface area contributed by atoms with E-state index in [2.05, 4.69) is 20.3 Å². The van der Waals surface area contributed by atoms with Gasteiger partial charge in [-0.1, -0.05) is 105 Å². The minimum Gasteiger partial charge on any atom is -0.497 e. The lowest BCUT2D eigenvalue weighted by Gasteiger charge is -2.37. The average molecular weight is 895 g/mol. The van der Waals surface area contributed by atoms with Gasteiger partial charge in [-0.15, -0.1) is 0 Å². The topological polar surface area (TPSA) is 200 Å². The van der Waals surface area contributed by atoms with Crippen LogP contribution in [0.1, 0.15) is 43.2 Å². The molecule has 1 fully saturated rings. The molecule has 340 valence electrons. The zero-order valence-electron chi connectivity index (χ0n) is 36.7. The number of para-hydroxylation sites is 2. The van der Waals surface area contributed by atoms with E-state index in [-0.39, 0.29) is 36.0 Å². The molecular formula is C50H50N6O10. The molecule has 0 aliphatic carbocycles. The molecule has 8 rings (SSSR count). The van der Waals surface area contributed by atoms with E-state index < -0.39 is 54.2 Å². The number of methoxy groups -OCH3 is 2. The van der Waals surface area contributed by atoms with E-state index >= 15 is 0 Å². The summed E-state index contributed by atoms with van der Waals surface area (Å²) in [6.07, 6.45) is -4.21. The molecule has 4 atom stereocenters. The largest absolute Gasteiger partial charge is 0.497 e. The Labute approximate surface area is 381 Å². The average Bonchev–Trinajstić information content (AvgIpc) is 3.87. The van der Waals surface area contributed by atoms with Crippen LogP contribution in [0.15, 0.2) is 146 Å². The molecule has 1 saturated heterocycles. The number of aliphatic hydroxyl groups excluding tert-OH is 2. The lowest BCUT2D eigenvalue weighted by molar-refractivity contribution is -0.119. The molecule has 0 spiro atoms. The van der Waals surface area contributed by atoms with Crippen molar-refractivity contribution in [2.75, 3.05) is 37.7 Å². The van der Waals surface area contributed by atoms with Crippen LogP contribution in [0.4, 0.5) is 22.1 Å². The Hall–Kier alpha value is -7.21. The van der Waals surface area contributed by atoms with Crippen molar-refractivity contribution >= 4 is 40.5 Å². The Bertz CT molecular complexity index is 2650. The van der Waals surface area contributed by atoms with Crippen molar-refractivity contribution in [2.24, 2.45) is 5.92 Å². The summed E-state index contributed by atoms with van der Waals surface area (Å²) in [5, 5.41) is 37.6. The quantitative estimate of drug-likeness (QED) is 0.0714. The molecule has 16 heteroatoms. The van der Waals surface area contributed by atoms with Crippen LogP contribution in [0.3, 0.4) is 0 Å². The third-order valence-corrected chi connectivity index (χ3v) is 11.5. The first-order valence-electron chi connectivity index (χ1n) is 21.3. The first kappa shape index (κ1) is 45.4. The van der Waals surface area contributed by atoms with Crippen LogP contribution in [0.5, 0.6) is 17.4 Å². The van der Waals surface area contributed by atoms with E-state index in [4.69, 9.17) is 23.7 Å². The molecule has 0 bridgehead atoms. The van der Waals surface area contributed by atoms with Gasteiger partial charge in [0.05, 0.1) is 38.5 Å². The second-order valence-corrected chi connectivity index (χ2v) is 15.9. The fraction of sp³-hybridized carbons (Fsp3) is 0.260. The Kier molecular flexibility index (Phi) is 13.4. The van der Waals surface area contributed by atoms with Gasteiger partial charge < -0.3 is 39.0 Å². The molecule has 1 aliphatic heterocycles. The van der Waals surface area contributed by atoms with E-state index in [9.17, 15) is 24.9 Å². The third-order valence-electron chi connectivity index (χ3n) is 11.5. The van der Waals surface area contributed by atoms with Crippen LogP contribution in [0, 0.1) is 5.92 Å². The fourth-order valence-electron chi connectivity index (χ4n) is 8.08. The fourth-order valence-corrected chi connectivity index (χ4v) is 8.08.